The van der Waals surface area contributed by atoms with Crippen molar-refractivity contribution in [3.63, 3.8) is 0 Å². The molecule has 4 rings (SSSR count). The first-order chi connectivity index (χ1) is 13.4. The fourth-order valence-electron chi connectivity index (χ4n) is 3.85. The first-order valence-electron chi connectivity index (χ1n) is 10.2. The van der Waals surface area contributed by atoms with Crippen molar-refractivity contribution in [1.82, 2.24) is 14.4 Å². The number of rotatable bonds is 2. The number of nitrogens with zero attached hydrogens (tertiary/aromatic N) is 3. The zero-order chi connectivity index (χ0) is 20.3. The lowest BCUT2D eigenvalue weighted by atomic mass is 9.98. The van der Waals surface area contributed by atoms with Crippen LogP contribution >= 0.6 is 0 Å². The fourth-order valence-corrected chi connectivity index (χ4v) is 3.85. The molecule has 28 heavy (non-hydrogen) atoms. The number of fused-ring (bicyclic) bond motifs is 2. The number of carbonyl (C=O) groups excluding carboxylic acids is 1. The highest BCUT2D eigenvalue weighted by molar-refractivity contribution is 5.96. The van der Waals surface area contributed by atoms with Crippen molar-refractivity contribution in [2.45, 2.75) is 59.3 Å². The summed E-state index contributed by atoms with van der Waals surface area (Å²) in [6, 6.07) is 14.3. The first kappa shape index (κ1) is 20.3. The fraction of sp³-hybridized carbons (Fsp3) is 0.478. The van der Waals surface area contributed by atoms with E-state index < -0.39 is 0 Å². The number of amides is 1. The molecule has 0 N–H and O–H groups in total. The molecule has 0 fully saturated rings. The Bertz CT molecular complexity index is 885. The number of pyridine rings is 1. The van der Waals surface area contributed by atoms with Gasteiger partial charge >= 0.3 is 0 Å². The van der Waals surface area contributed by atoms with Gasteiger partial charge in [0.2, 0.25) is 0 Å². The average molecular weight is 382 g/mol. The topological polar surface area (TPSA) is 45.6 Å². The molecule has 0 bridgehead atoms. The van der Waals surface area contributed by atoms with Crippen LogP contribution in [0, 0.1) is 0 Å². The molecule has 1 amide bonds. The molecule has 3 heterocycles. The molecule has 5 nitrogen and oxygen atoms in total. The summed E-state index contributed by atoms with van der Waals surface area (Å²) >= 11 is 0. The van der Waals surface area contributed by atoms with Gasteiger partial charge in [-0.05, 0) is 51.8 Å². The number of hydrogen-bond acceptors (Lipinski definition) is 3. The van der Waals surface area contributed by atoms with E-state index in [4.69, 9.17) is 0 Å². The molecule has 0 atom stereocenters. The molecule has 5 heteroatoms. The largest absolute Gasteiger partial charge is 0.336 e. The molecule has 1 aromatic heterocycles. The summed E-state index contributed by atoms with van der Waals surface area (Å²) < 4.78 is 1.87. The van der Waals surface area contributed by atoms with Crippen LogP contribution in [0.2, 0.25) is 0 Å². The smallest absolute Gasteiger partial charge is 0.254 e. The molecule has 0 saturated carbocycles. The van der Waals surface area contributed by atoms with Crippen LogP contribution in [0.1, 0.15) is 49.3 Å². The predicted molar refractivity (Wildman–Crippen MR) is 113 cm³/mol. The van der Waals surface area contributed by atoms with Gasteiger partial charge < -0.3 is 9.47 Å². The third kappa shape index (κ3) is 4.36. The average Bonchev–Trinajstić information content (AvgIpc) is 2.68. The van der Waals surface area contributed by atoms with E-state index in [0.29, 0.717) is 12.1 Å². The quantitative estimate of drug-likeness (QED) is 0.803. The van der Waals surface area contributed by atoms with Crippen molar-refractivity contribution in [2.24, 2.45) is 0 Å². The number of benzene rings is 1. The molecule has 0 saturated heterocycles. The van der Waals surface area contributed by atoms with Crippen molar-refractivity contribution in [2.75, 3.05) is 13.1 Å². The Morgan fingerprint density at radius 2 is 1.57 bits per heavy atom. The van der Waals surface area contributed by atoms with Crippen LogP contribution in [-0.2, 0) is 19.5 Å². The number of hydrogen-bond donors (Lipinski definition) is 0. The van der Waals surface area contributed by atoms with Crippen molar-refractivity contribution in [1.29, 1.82) is 0 Å². The van der Waals surface area contributed by atoms with Crippen molar-refractivity contribution in [3.8, 4) is 0 Å². The molecule has 2 aliphatic heterocycles. The van der Waals surface area contributed by atoms with Crippen LogP contribution in [0.4, 0.5) is 0 Å². The van der Waals surface area contributed by atoms with E-state index in [1.165, 1.54) is 5.56 Å². The van der Waals surface area contributed by atoms with Crippen molar-refractivity contribution >= 4 is 5.91 Å². The van der Waals surface area contributed by atoms with Gasteiger partial charge in [0.25, 0.3) is 11.5 Å². The molecule has 0 unspecified atom stereocenters. The maximum absolute atomic E-state index is 12.0. The maximum atomic E-state index is 12.0. The van der Waals surface area contributed by atoms with Gasteiger partial charge in [-0.25, -0.2) is 0 Å². The van der Waals surface area contributed by atoms with E-state index in [1.54, 1.807) is 6.07 Å². The second kappa shape index (κ2) is 8.74. The van der Waals surface area contributed by atoms with E-state index in [2.05, 4.69) is 32.6 Å². The summed E-state index contributed by atoms with van der Waals surface area (Å²) in [5.41, 5.74) is 3.34. The highest BCUT2D eigenvalue weighted by atomic mass is 16.2. The second-order valence-corrected chi connectivity index (χ2v) is 8.07. The van der Waals surface area contributed by atoms with Crippen LogP contribution in [0.25, 0.3) is 0 Å². The minimum atomic E-state index is 0.130. The summed E-state index contributed by atoms with van der Waals surface area (Å²) in [7, 11) is 0. The van der Waals surface area contributed by atoms with Crippen LogP contribution in [0.3, 0.4) is 0 Å². The molecular weight excluding hydrogens is 350 g/mol. The summed E-state index contributed by atoms with van der Waals surface area (Å²) in [6.07, 6.45) is 0.986. The van der Waals surface area contributed by atoms with E-state index in [1.807, 2.05) is 45.9 Å². The van der Waals surface area contributed by atoms with Gasteiger partial charge in [-0.2, -0.15) is 0 Å². The molecular formula is C23H31N3O2. The summed E-state index contributed by atoms with van der Waals surface area (Å²) in [5.74, 6) is 0.182. The summed E-state index contributed by atoms with van der Waals surface area (Å²) in [6.45, 7) is 12.1. The number of carbonyl (C=O) groups is 1. The van der Waals surface area contributed by atoms with Gasteiger partial charge in [-0.15, -0.1) is 0 Å². The van der Waals surface area contributed by atoms with E-state index in [-0.39, 0.29) is 11.5 Å². The lowest BCUT2D eigenvalue weighted by molar-refractivity contribution is 0.0688. The molecule has 2 aromatic rings. The molecule has 150 valence electrons. The lowest BCUT2D eigenvalue weighted by Crippen LogP contribution is -2.41. The molecule has 0 radical (unpaired) electrons. The summed E-state index contributed by atoms with van der Waals surface area (Å²) in [4.78, 5) is 27.8. The van der Waals surface area contributed by atoms with Gasteiger partial charge in [0.1, 0.15) is 0 Å². The van der Waals surface area contributed by atoms with Gasteiger partial charge in [0.05, 0.1) is 0 Å². The predicted octanol–water partition coefficient (Wildman–Crippen LogP) is 3.17. The lowest BCUT2D eigenvalue weighted by Gasteiger charge is -2.32. The third-order valence-corrected chi connectivity index (χ3v) is 5.60. The molecule has 0 aliphatic carbocycles. The zero-order valence-corrected chi connectivity index (χ0v) is 17.4. The standard InChI is InChI=1S/C12H15NO.C11H16N2O/c1-9(2)13-8-7-10-5-3-4-6-11(10)12(13)14;1-9(2)12-6-7-13-10(8-12)4-3-5-11(13)14/h3-6,9H,7-8H2,1-2H3;3-5,9H,6-8H2,1-2H3. The van der Waals surface area contributed by atoms with Gasteiger partial charge in [0, 0.05) is 55.6 Å². The highest BCUT2D eigenvalue weighted by Gasteiger charge is 2.25. The van der Waals surface area contributed by atoms with Crippen molar-refractivity contribution < 1.29 is 4.79 Å². The summed E-state index contributed by atoms with van der Waals surface area (Å²) in [5, 5.41) is 0. The normalized spacial score (nSPS) is 16.5. The Hall–Kier alpha value is -2.40. The highest BCUT2D eigenvalue weighted by Crippen LogP contribution is 2.19. The van der Waals surface area contributed by atoms with Gasteiger partial charge in [-0.1, -0.05) is 24.3 Å². The third-order valence-electron chi connectivity index (χ3n) is 5.60. The van der Waals surface area contributed by atoms with E-state index >= 15 is 0 Å². The minimum Gasteiger partial charge on any atom is -0.336 e. The van der Waals surface area contributed by atoms with Gasteiger partial charge in [-0.3, -0.25) is 14.5 Å². The molecule has 1 aromatic carbocycles. The van der Waals surface area contributed by atoms with Crippen LogP contribution < -0.4 is 5.56 Å². The Balaban J connectivity index is 0.000000161. The van der Waals surface area contributed by atoms with Crippen LogP contribution in [0.15, 0.2) is 47.3 Å². The van der Waals surface area contributed by atoms with Crippen LogP contribution in [-0.4, -0.2) is 45.4 Å². The Labute approximate surface area is 167 Å². The van der Waals surface area contributed by atoms with Crippen LogP contribution in [0.5, 0.6) is 0 Å². The van der Waals surface area contributed by atoms with Crippen molar-refractivity contribution in [3.05, 3.63) is 69.6 Å². The van der Waals surface area contributed by atoms with E-state index in [0.717, 1.165) is 43.9 Å². The SMILES string of the molecule is CC(C)N1CCc2ccccc2C1=O.CC(C)N1CCn2c(cccc2=O)C1. The Morgan fingerprint density at radius 1 is 0.821 bits per heavy atom. The number of aromatic nitrogens is 1. The van der Waals surface area contributed by atoms with E-state index in [9.17, 15) is 9.59 Å². The monoisotopic (exact) mass is 381 g/mol. The Morgan fingerprint density at radius 3 is 2.29 bits per heavy atom. The first-order valence-corrected chi connectivity index (χ1v) is 10.2. The zero-order valence-electron chi connectivity index (χ0n) is 17.4. The Kier molecular flexibility index (Phi) is 6.35. The molecule has 2 aliphatic rings. The maximum Gasteiger partial charge on any atom is 0.254 e. The molecule has 0 spiro atoms. The van der Waals surface area contributed by atoms with Gasteiger partial charge in [0.15, 0.2) is 0 Å². The second-order valence-electron chi connectivity index (χ2n) is 8.07. The minimum absolute atomic E-state index is 0.130.